The van der Waals surface area contributed by atoms with Gasteiger partial charge in [-0.1, -0.05) is 19.9 Å². The Labute approximate surface area is 153 Å². The van der Waals surface area contributed by atoms with Gasteiger partial charge in [-0.3, -0.25) is 4.79 Å². The molecule has 0 radical (unpaired) electrons. The van der Waals surface area contributed by atoms with E-state index in [2.05, 4.69) is 23.9 Å². The van der Waals surface area contributed by atoms with Crippen molar-refractivity contribution >= 4 is 27.3 Å². The SMILES string of the molecule is CC(C)NS(=O)(=O)c1ccc(C(=O)NC(c2cccs2)C(C)C)cc1. The van der Waals surface area contributed by atoms with E-state index in [1.54, 1.807) is 25.2 Å². The highest BCUT2D eigenvalue weighted by atomic mass is 32.2. The summed E-state index contributed by atoms with van der Waals surface area (Å²) in [6.07, 6.45) is 0. The Morgan fingerprint density at radius 2 is 1.68 bits per heavy atom. The zero-order valence-corrected chi connectivity index (χ0v) is 16.4. The quantitative estimate of drug-likeness (QED) is 0.771. The first kappa shape index (κ1) is 19.6. The summed E-state index contributed by atoms with van der Waals surface area (Å²) in [4.78, 5) is 13.8. The van der Waals surface area contributed by atoms with Crippen molar-refractivity contribution in [2.45, 2.75) is 44.7 Å². The maximum atomic E-state index is 12.5. The molecule has 2 aromatic rings. The molecule has 1 unspecified atom stereocenters. The van der Waals surface area contributed by atoms with Crippen LogP contribution < -0.4 is 10.0 Å². The van der Waals surface area contributed by atoms with Gasteiger partial charge in [-0.25, -0.2) is 13.1 Å². The van der Waals surface area contributed by atoms with Crippen molar-refractivity contribution in [2.75, 3.05) is 0 Å². The van der Waals surface area contributed by atoms with Gasteiger partial charge in [0.2, 0.25) is 10.0 Å². The molecule has 2 rings (SSSR count). The molecular weight excluding hydrogens is 356 g/mol. The highest BCUT2D eigenvalue weighted by Gasteiger charge is 2.21. The molecule has 5 nitrogen and oxygen atoms in total. The molecule has 1 atom stereocenters. The lowest BCUT2D eigenvalue weighted by Gasteiger charge is -2.21. The molecule has 1 amide bonds. The predicted molar refractivity (Wildman–Crippen MR) is 101 cm³/mol. The Hall–Kier alpha value is -1.70. The second-order valence-electron chi connectivity index (χ2n) is 6.51. The van der Waals surface area contributed by atoms with Crippen LogP contribution in [0.15, 0.2) is 46.7 Å². The third-order valence-corrected chi connectivity index (χ3v) is 6.25. The van der Waals surface area contributed by atoms with E-state index in [4.69, 9.17) is 0 Å². The summed E-state index contributed by atoms with van der Waals surface area (Å²) in [6.45, 7) is 7.63. The summed E-state index contributed by atoms with van der Waals surface area (Å²) in [5.74, 6) is 0.0327. The Bertz CT molecular complexity index is 795. The Balaban J connectivity index is 2.15. The second-order valence-corrected chi connectivity index (χ2v) is 9.20. The number of carbonyl (C=O) groups excluding carboxylic acids is 1. The van der Waals surface area contributed by atoms with Crippen LogP contribution in [-0.4, -0.2) is 20.4 Å². The van der Waals surface area contributed by atoms with E-state index in [9.17, 15) is 13.2 Å². The first-order valence-corrected chi connectivity index (χ1v) is 10.5. The van der Waals surface area contributed by atoms with Crippen molar-refractivity contribution < 1.29 is 13.2 Å². The molecule has 1 heterocycles. The molecule has 7 heteroatoms. The highest BCUT2D eigenvalue weighted by Crippen LogP contribution is 2.26. The molecule has 0 saturated heterocycles. The Morgan fingerprint density at radius 3 is 2.16 bits per heavy atom. The van der Waals surface area contributed by atoms with Gasteiger partial charge in [0.1, 0.15) is 0 Å². The average molecular weight is 381 g/mol. The number of hydrogen-bond donors (Lipinski definition) is 2. The van der Waals surface area contributed by atoms with E-state index in [1.807, 2.05) is 17.5 Å². The molecule has 1 aromatic carbocycles. The van der Waals surface area contributed by atoms with Crippen molar-refractivity contribution in [3.05, 3.63) is 52.2 Å². The minimum atomic E-state index is -3.55. The first-order valence-electron chi connectivity index (χ1n) is 8.17. The lowest BCUT2D eigenvalue weighted by Crippen LogP contribution is -2.31. The van der Waals surface area contributed by atoms with Crippen LogP contribution in [0.5, 0.6) is 0 Å². The zero-order chi connectivity index (χ0) is 18.6. The highest BCUT2D eigenvalue weighted by molar-refractivity contribution is 7.89. The topological polar surface area (TPSA) is 75.3 Å². The average Bonchev–Trinajstić information content (AvgIpc) is 3.05. The van der Waals surface area contributed by atoms with E-state index < -0.39 is 10.0 Å². The van der Waals surface area contributed by atoms with Crippen molar-refractivity contribution in [3.63, 3.8) is 0 Å². The Kier molecular flexibility index (Phi) is 6.37. The fourth-order valence-electron chi connectivity index (χ4n) is 2.42. The van der Waals surface area contributed by atoms with E-state index in [1.165, 1.54) is 24.3 Å². The predicted octanol–water partition coefficient (Wildman–Crippen LogP) is 3.56. The van der Waals surface area contributed by atoms with Gasteiger partial charge in [0, 0.05) is 16.5 Å². The van der Waals surface area contributed by atoms with Gasteiger partial charge in [0.15, 0.2) is 0 Å². The molecule has 136 valence electrons. The van der Waals surface area contributed by atoms with Crippen molar-refractivity contribution in [3.8, 4) is 0 Å². The minimum absolute atomic E-state index is 0.0708. The van der Waals surface area contributed by atoms with Crippen LogP contribution in [-0.2, 0) is 10.0 Å². The number of sulfonamides is 1. The molecule has 2 N–H and O–H groups in total. The first-order chi connectivity index (χ1) is 11.7. The smallest absolute Gasteiger partial charge is 0.251 e. The normalized spacial score (nSPS) is 13.2. The number of rotatable bonds is 7. The lowest BCUT2D eigenvalue weighted by atomic mass is 10.0. The summed E-state index contributed by atoms with van der Waals surface area (Å²) >= 11 is 1.61. The second kappa shape index (κ2) is 8.12. The summed E-state index contributed by atoms with van der Waals surface area (Å²) < 4.78 is 26.8. The van der Waals surface area contributed by atoms with Gasteiger partial charge >= 0.3 is 0 Å². The van der Waals surface area contributed by atoms with Crippen LogP contribution in [0.3, 0.4) is 0 Å². The number of hydrogen-bond acceptors (Lipinski definition) is 4. The number of benzene rings is 1. The molecule has 0 fully saturated rings. The van der Waals surface area contributed by atoms with Crippen molar-refractivity contribution in [2.24, 2.45) is 5.92 Å². The van der Waals surface area contributed by atoms with Gasteiger partial charge in [0.25, 0.3) is 5.91 Å². The van der Waals surface area contributed by atoms with Crippen LogP contribution in [0.4, 0.5) is 0 Å². The van der Waals surface area contributed by atoms with Crippen molar-refractivity contribution in [1.29, 1.82) is 0 Å². The van der Waals surface area contributed by atoms with Gasteiger partial charge in [-0.05, 0) is 55.5 Å². The molecule has 25 heavy (non-hydrogen) atoms. The van der Waals surface area contributed by atoms with E-state index >= 15 is 0 Å². The maximum absolute atomic E-state index is 12.5. The summed E-state index contributed by atoms with van der Waals surface area (Å²) in [5, 5.41) is 5.02. The van der Waals surface area contributed by atoms with Gasteiger partial charge in [-0.15, -0.1) is 11.3 Å². The molecule has 0 aliphatic rings. The van der Waals surface area contributed by atoms with Crippen molar-refractivity contribution in [1.82, 2.24) is 10.0 Å². The van der Waals surface area contributed by atoms with Crippen LogP contribution in [0.2, 0.25) is 0 Å². The van der Waals surface area contributed by atoms with E-state index in [-0.39, 0.29) is 28.8 Å². The lowest BCUT2D eigenvalue weighted by molar-refractivity contribution is 0.0926. The summed E-state index contributed by atoms with van der Waals surface area (Å²) in [6, 6.07) is 9.69. The minimum Gasteiger partial charge on any atom is -0.344 e. The molecule has 1 aromatic heterocycles. The largest absolute Gasteiger partial charge is 0.344 e. The molecule has 0 spiro atoms. The van der Waals surface area contributed by atoms with Gasteiger partial charge in [0.05, 0.1) is 10.9 Å². The van der Waals surface area contributed by atoms with E-state index in [0.717, 1.165) is 4.88 Å². The molecule has 0 bridgehead atoms. The van der Waals surface area contributed by atoms with E-state index in [0.29, 0.717) is 5.56 Å². The monoisotopic (exact) mass is 380 g/mol. The molecule has 0 aliphatic carbocycles. The molecule has 0 saturated carbocycles. The van der Waals surface area contributed by atoms with Crippen LogP contribution in [0.1, 0.15) is 49.0 Å². The van der Waals surface area contributed by atoms with Gasteiger partial charge in [-0.2, -0.15) is 0 Å². The number of thiophene rings is 1. The number of amides is 1. The zero-order valence-electron chi connectivity index (χ0n) is 14.8. The van der Waals surface area contributed by atoms with Crippen LogP contribution in [0, 0.1) is 5.92 Å². The van der Waals surface area contributed by atoms with Crippen LogP contribution >= 0.6 is 11.3 Å². The summed E-state index contributed by atoms with van der Waals surface area (Å²) in [5.41, 5.74) is 0.436. The fraction of sp³-hybridized carbons (Fsp3) is 0.389. The van der Waals surface area contributed by atoms with Gasteiger partial charge < -0.3 is 5.32 Å². The number of nitrogens with one attached hydrogen (secondary N) is 2. The fourth-order valence-corrected chi connectivity index (χ4v) is 4.62. The number of carbonyl (C=O) groups is 1. The molecule has 0 aliphatic heterocycles. The summed E-state index contributed by atoms with van der Waals surface area (Å²) in [7, 11) is -3.55. The Morgan fingerprint density at radius 1 is 1.04 bits per heavy atom. The van der Waals surface area contributed by atoms with Crippen LogP contribution in [0.25, 0.3) is 0 Å². The standard InChI is InChI=1S/C18H24N2O3S2/c1-12(2)17(16-6-5-11-24-16)19-18(21)14-7-9-15(10-8-14)25(22,23)20-13(3)4/h5-13,17,20H,1-4H3,(H,19,21). The maximum Gasteiger partial charge on any atom is 0.251 e. The third kappa shape index (κ3) is 5.14. The third-order valence-electron chi connectivity index (χ3n) is 3.62. The molecular formula is C18H24N2O3S2.